The summed E-state index contributed by atoms with van der Waals surface area (Å²) >= 11 is 0. The molecule has 1 heterocycles. The van der Waals surface area contributed by atoms with Crippen molar-refractivity contribution in [3.05, 3.63) is 23.3 Å². The van der Waals surface area contributed by atoms with Crippen LogP contribution in [0.25, 0.3) is 0 Å². The SMILES string of the molecule is CC(C)(C)c1nc(C(N)=NO)cc(C(F)(F)F)n1. The molecule has 8 heteroatoms. The van der Waals surface area contributed by atoms with Crippen LogP contribution in [-0.2, 0) is 11.6 Å². The highest BCUT2D eigenvalue weighted by Gasteiger charge is 2.35. The van der Waals surface area contributed by atoms with E-state index in [9.17, 15) is 13.2 Å². The van der Waals surface area contributed by atoms with E-state index in [4.69, 9.17) is 10.9 Å². The molecule has 0 aliphatic rings. The van der Waals surface area contributed by atoms with Crippen LogP contribution in [0.15, 0.2) is 11.2 Å². The fourth-order valence-corrected chi connectivity index (χ4v) is 1.11. The first kappa shape index (κ1) is 14.2. The smallest absolute Gasteiger partial charge is 0.409 e. The van der Waals surface area contributed by atoms with Crippen LogP contribution in [0.3, 0.4) is 0 Å². The zero-order chi connectivity index (χ0) is 14.1. The molecule has 0 amide bonds. The maximum atomic E-state index is 12.7. The van der Waals surface area contributed by atoms with Crippen LogP contribution < -0.4 is 5.73 Å². The van der Waals surface area contributed by atoms with Crippen LogP contribution in [0.4, 0.5) is 13.2 Å². The lowest BCUT2D eigenvalue weighted by Crippen LogP contribution is -2.24. The summed E-state index contributed by atoms with van der Waals surface area (Å²) in [5, 5.41) is 11.1. The first-order valence-corrected chi connectivity index (χ1v) is 5.00. The maximum absolute atomic E-state index is 12.7. The van der Waals surface area contributed by atoms with E-state index in [2.05, 4.69) is 15.1 Å². The van der Waals surface area contributed by atoms with Crippen molar-refractivity contribution in [2.75, 3.05) is 0 Å². The third-order valence-electron chi connectivity index (χ3n) is 2.06. The van der Waals surface area contributed by atoms with Crippen LogP contribution in [0.1, 0.15) is 38.0 Å². The predicted molar refractivity (Wildman–Crippen MR) is 58.2 cm³/mol. The predicted octanol–water partition coefficient (Wildman–Crippen LogP) is 1.89. The molecule has 5 nitrogen and oxygen atoms in total. The van der Waals surface area contributed by atoms with E-state index in [1.54, 1.807) is 20.8 Å². The van der Waals surface area contributed by atoms with Gasteiger partial charge in [0.05, 0.1) is 0 Å². The highest BCUT2D eigenvalue weighted by molar-refractivity contribution is 5.95. The molecule has 100 valence electrons. The molecule has 1 rings (SSSR count). The second-order valence-electron chi connectivity index (χ2n) is 4.70. The first-order chi connectivity index (χ1) is 8.05. The van der Waals surface area contributed by atoms with Crippen molar-refractivity contribution in [3.8, 4) is 0 Å². The zero-order valence-electron chi connectivity index (χ0n) is 10.1. The summed E-state index contributed by atoms with van der Waals surface area (Å²) in [4.78, 5) is 7.33. The molecule has 3 N–H and O–H groups in total. The van der Waals surface area contributed by atoms with Gasteiger partial charge in [-0.1, -0.05) is 25.9 Å². The summed E-state index contributed by atoms with van der Waals surface area (Å²) in [6.07, 6.45) is -4.62. The number of rotatable bonds is 1. The topological polar surface area (TPSA) is 84.4 Å². The molecular formula is C10H13F3N4O. The van der Waals surface area contributed by atoms with Gasteiger partial charge in [-0.2, -0.15) is 13.2 Å². The molecule has 0 saturated heterocycles. The number of nitrogens with two attached hydrogens (primary N) is 1. The van der Waals surface area contributed by atoms with Crippen LogP contribution in [-0.4, -0.2) is 21.0 Å². The summed E-state index contributed by atoms with van der Waals surface area (Å²) in [5.74, 6) is -0.521. The van der Waals surface area contributed by atoms with Crippen molar-refractivity contribution < 1.29 is 18.4 Å². The fraction of sp³-hybridized carbons (Fsp3) is 0.500. The van der Waals surface area contributed by atoms with Crippen molar-refractivity contribution >= 4 is 5.84 Å². The average molecular weight is 262 g/mol. The van der Waals surface area contributed by atoms with E-state index >= 15 is 0 Å². The molecule has 1 aromatic heterocycles. The largest absolute Gasteiger partial charge is 0.433 e. The Hall–Kier alpha value is -1.86. The first-order valence-electron chi connectivity index (χ1n) is 5.00. The van der Waals surface area contributed by atoms with Gasteiger partial charge in [-0.3, -0.25) is 0 Å². The zero-order valence-corrected chi connectivity index (χ0v) is 10.1. The van der Waals surface area contributed by atoms with Crippen LogP contribution in [0.2, 0.25) is 0 Å². The highest BCUT2D eigenvalue weighted by Crippen LogP contribution is 2.29. The average Bonchev–Trinajstić information content (AvgIpc) is 2.25. The molecule has 18 heavy (non-hydrogen) atoms. The summed E-state index contributed by atoms with van der Waals surface area (Å²) in [7, 11) is 0. The van der Waals surface area contributed by atoms with Gasteiger partial charge in [-0.05, 0) is 6.07 Å². The Balaban J connectivity index is 3.49. The van der Waals surface area contributed by atoms with Gasteiger partial charge in [0.15, 0.2) is 5.84 Å². The van der Waals surface area contributed by atoms with Crippen molar-refractivity contribution in [1.82, 2.24) is 9.97 Å². The molecule has 0 saturated carbocycles. The van der Waals surface area contributed by atoms with Crippen molar-refractivity contribution in [1.29, 1.82) is 0 Å². The lowest BCUT2D eigenvalue weighted by molar-refractivity contribution is -0.141. The number of hydrogen-bond donors (Lipinski definition) is 2. The number of halogens is 3. The summed E-state index contributed by atoms with van der Waals surface area (Å²) in [6.45, 7) is 5.00. The Morgan fingerprint density at radius 3 is 2.22 bits per heavy atom. The number of alkyl halides is 3. The van der Waals surface area contributed by atoms with Gasteiger partial charge in [0.25, 0.3) is 0 Å². The van der Waals surface area contributed by atoms with E-state index in [0.29, 0.717) is 6.07 Å². The molecular weight excluding hydrogens is 249 g/mol. The molecule has 0 aromatic carbocycles. The minimum absolute atomic E-state index is 0.0288. The molecule has 1 aromatic rings. The normalized spacial score (nSPS) is 13.8. The van der Waals surface area contributed by atoms with E-state index in [1.807, 2.05) is 0 Å². The van der Waals surface area contributed by atoms with Gasteiger partial charge in [0, 0.05) is 5.41 Å². The standard InChI is InChI=1S/C10H13F3N4O/c1-9(2,3)8-15-5(7(14)17-18)4-6(16-8)10(11,12)13/h4,18H,1-3H3,(H2,14,17). The minimum atomic E-state index is -4.62. The lowest BCUT2D eigenvalue weighted by Gasteiger charge is -2.19. The van der Waals surface area contributed by atoms with Gasteiger partial charge in [0.2, 0.25) is 0 Å². The number of hydrogen-bond acceptors (Lipinski definition) is 4. The number of aromatic nitrogens is 2. The van der Waals surface area contributed by atoms with Crippen LogP contribution in [0.5, 0.6) is 0 Å². The van der Waals surface area contributed by atoms with Gasteiger partial charge in [-0.15, -0.1) is 0 Å². The second kappa shape index (κ2) is 4.43. The molecule has 0 spiro atoms. The Kier molecular flexibility index (Phi) is 3.50. The van der Waals surface area contributed by atoms with Crippen molar-refractivity contribution in [2.24, 2.45) is 10.9 Å². The van der Waals surface area contributed by atoms with Crippen LogP contribution in [0, 0.1) is 0 Å². The van der Waals surface area contributed by atoms with Crippen molar-refractivity contribution in [2.45, 2.75) is 32.4 Å². The molecule has 0 unspecified atom stereocenters. The molecule has 0 atom stereocenters. The molecule has 0 aliphatic carbocycles. The third-order valence-corrected chi connectivity index (χ3v) is 2.06. The number of nitrogens with zero attached hydrogens (tertiary/aromatic N) is 3. The second-order valence-corrected chi connectivity index (χ2v) is 4.70. The lowest BCUT2D eigenvalue weighted by atomic mass is 9.95. The summed E-state index contributed by atoms with van der Waals surface area (Å²) in [6, 6.07) is 0.643. The van der Waals surface area contributed by atoms with E-state index < -0.39 is 23.1 Å². The Bertz CT molecular complexity index is 445. The van der Waals surface area contributed by atoms with Gasteiger partial charge < -0.3 is 10.9 Å². The van der Waals surface area contributed by atoms with Crippen LogP contribution >= 0.6 is 0 Å². The minimum Gasteiger partial charge on any atom is -0.409 e. The van der Waals surface area contributed by atoms with E-state index in [-0.39, 0.29) is 11.5 Å². The van der Waals surface area contributed by atoms with Gasteiger partial charge in [0.1, 0.15) is 17.2 Å². The molecule has 0 radical (unpaired) electrons. The summed E-state index contributed by atoms with van der Waals surface area (Å²) in [5.41, 5.74) is 3.19. The molecule has 0 aliphatic heterocycles. The van der Waals surface area contributed by atoms with Gasteiger partial charge in [-0.25, -0.2) is 9.97 Å². The maximum Gasteiger partial charge on any atom is 0.433 e. The molecule has 0 bridgehead atoms. The molecule has 0 fully saturated rings. The number of amidine groups is 1. The Morgan fingerprint density at radius 2 is 1.83 bits per heavy atom. The quantitative estimate of drug-likeness (QED) is 0.350. The number of oxime groups is 1. The summed E-state index contributed by atoms with van der Waals surface area (Å²) < 4.78 is 38.0. The van der Waals surface area contributed by atoms with E-state index in [1.165, 1.54) is 0 Å². The van der Waals surface area contributed by atoms with Gasteiger partial charge >= 0.3 is 6.18 Å². The van der Waals surface area contributed by atoms with E-state index in [0.717, 1.165) is 0 Å². The van der Waals surface area contributed by atoms with Crippen molar-refractivity contribution in [3.63, 3.8) is 0 Å². The fourth-order valence-electron chi connectivity index (χ4n) is 1.11. The Labute approximate surface area is 102 Å². The monoisotopic (exact) mass is 262 g/mol. The highest BCUT2D eigenvalue weighted by atomic mass is 19.4. The third kappa shape index (κ3) is 3.08. The Morgan fingerprint density at radius 1 is 1.28 bits per heavy atom.